The minimum atomic E-state index is -2.07. The number of aliphatic hydroxyl groups is 1. The third kappa shape index (κ3) is 3.83. The van der Waals surface area contributed by atoms with Crippen LogP contribution >= 0.6 is 11.8 Å². The van der Waals surface area contributed by atoms with Crippen LogP contribution in [-0.4, -0.2) is 44.3 Å². The summed E-state index contributed by atoms with van der Waals surface area (Å²) in [6.07, 6.45) is 2.92. The van der Waals surface area contributed by atoms with Gasteiger partial charge in [0.2, 0.25) is 0 Å². The summed E-state index contributed by atoms with van der Waals surface area (Å²) in [6, 6.07) is 0.874. The minimum Gasteiger partial charge on any atom is -0.479 e. The van der Waals surface area contributed by atoms with Gasteiger partial charge < -0.3 is 20.4 Å². The molecule has 6 nitrogen and oxygen atoms in total. The van der Waals surface area contributed by atoms with Crippen LogP contribution < -0.4 is 5.73 Å². The molecule has 0 aromatic carbocycles. The molecule has 7 heteroatoms. The fourth-order valence-corrected chi connectivity index (χ4v) is 3.79. The van der Waals surface area contributed by atoms with E-state index in [1.54, 1.807) is 12.3 Å². The summed E-state index contributed by atoms with van der Waals surface area (Å²) < 4.78 is 5.88. The molecule has 2 aromatic heterocycles. The molecule has 0 aliphatic rings. The van der Waals surface area contributed by atoms with E-state index in [0.717, 1.165) is 35.3 Å². The molecule has 2 heterocycles. The summed E-state index contributed by atoms with van der Waals surface area (Å²) in [5.74, 6) is 0.713. The highest BCUT2D eigenvalue weighted by molar-refractivity contribution is 7.99. The number of fused-ring (bicyclic) bond motifs is 1. The van der Waals surface area contributed by atoms with Crippen molar-refractivity contribution in [2.24, 2.45) is 5.73 Å². The maximum absolute atomic E-state index is 11.8. The normalized spacial score (nSPS) is 15.2. The summed E-state index contributed by atoms with van der Waals surface area (Å²) in [7, 11) is 0. The van der Waals surface area contributed by atoms with E-state index in [0.29, 0.717) is 17.0 Å². The van der Waals surface area contributed by atoms with Crippen molar-refractivity contribution in [1.29, 1.82) is 0 Å². The van der Waals surface area contributed by atoms with Crippen molar-refractivity contribution in [3.63, 3.8) is 0 Å². The Kier molecular flexibility index (Phi) is 6.48. The van der Waals surface area contributed by atoms with Crippen LogP contribution in [-0.2, 0) is 24.1 Å². The van der Waals surface area contributed by atoms with Crippen molar-refractivity contribution in [2.45, 2.75) is 51.7 Å². The van der Waals surface area contributed by atoms with Crippen LogP contribution in [0.25, 0.3) is 11.0 Å². The van der Waals surface area contributed by atoms with Gasteiger partial charge in [-0.15, -0.1) is 0 Å². The van der Waals surface area contributed by atoms with Crippen molar-refractivity contribution in [3.05, 3.63) is 29.3 Å². The van der Waals surface area contributed by atoms with E-state index < -0.39 is 17.6 Å². The molecule has 0 saturated carbocycles. The van der Waals surface area contributed by atoms with Crippen molar-refractivity contribution in [1.82, 2.24) is 4.98 Å². The number of furan rings is 1. The van der Waals surface area contributed by atoms with Crippen molar-refractivity contribution >= 4 is 28.7 Å². The van der Waals surface area contributed by atoms with Crippen molar-refractivity contribution < 1.29 is 19.4 Å². The standard InChI is InChI=1S/C18H26N2O4S/c1-4-11-13(5-2)24-14-7-8-20-12(16(11)14)9-18(23,17(21)22)15(19)10-25-6-3/h7-8,15,23H,4-6,9-10,19H2,1-3H3,(H,21,22)/t15-,18?/m0/s1. The lowest BCUT2D eigenvalue weighted by atomic mass is 9.88. The topological polar surface area (TPSA) is 110 Å². The summed E-state index contributed by atoms with van der Waals surface area (Å²) in [5.41, 5.74) is 6.16. The Morgan fingerprint density at radius 3 is 2.68 bits per heavy atom. The Morgan fingerprint density at radius 2 is 2.12 bits per heavy atom. The summed E-state index contributed by atoms with van der Waals surface area (Å²) in [4.78, 5) is 16.1. The van der Waals surface area contributed by atoms with Crippen LogP contribution in [0.5, 0.6) is 0 Å². The number of pyridine rings is 1. The molecule has 0 spiro atoms. The second-order valence-corrected chi connectivity index (χ2v) is 7.33. The van der Waals surface area contributed by atoms with Crippen LogP contribution in [0.1, 0.15) is 37.8 Å². The van der Waals surface area contributed by atoms with Crippen LogP contribution in [0.2, 0.25) is 0 Å². The number of thioether (sulfide) groups is 1. The maximum Gasteiger partial charge on any atom is 0.337 e. The fourth-order valence-electron chi connectivity index (χ4n) is 3.02. The molecule has 0 amide bonds. The van der Waals surface area contributed by atoms with Crippen molar-refractivity contribution in [3.8, 4) is 0 Å². The largest absolute Gasteiger partial charge is 0.479 e. The number of carboxylic acids is 1. The zero-order valence-electron chi connectivity index (χ0n) is 14.9. The first-order valence-electron chi connectivity index (χ1n) is 8.56. The number of aliphatic carboxylic acids is 1. The SMILES string of the molecule is CCSC[C@H](N)C(O)(Cc1nccc2oc(CC)c(CC)c12)C(=O)O. The van der Waals surface area contributed by atoms with Crippen LogP contribution in [0.3, 0.4) is 0 Å². The van der Waals surface area contributed by atoms with Gasteiger partial charge in [0.1, 0.15) is 11.3 Å². The van der Waals surface area contributed by atoms with Gasteiger partial charge in [0, 0.05) is 35.7 Å². The number of aryl methyl sites for hydroxylation is 2. The van der Waals surface area contributed by atoms with Gasteiger partial charge in [0.05, 0.1) is 11.7 Å². The fraction of sp³-hybridized carbons (Fsp3) is 0.556. The summed E-state index contributed by atoms with van der Waals surface area (Å²) in [6.45, 7) is 5.99. The average molecular weight is 366 g/mol. The lowest BCUT2D eigenvalue weighted by Gasteiger charge is -2.29. The van der Waals surface area contributed by atoms with Crippen LogP contribution in [0, 0.1) is 0 Å². The number of carboxylic acid groups (broad SMARTS) is 1. The van der Waals surface area contributed by atoms with Crippen molar-refractivity contribution in [2.75, 3.05) is 11.5 Å². The van der Waals surface area contributed by atoms with Gasteiger partial charge >= 0.3 is 5.97 Å². The third-order valence-electron chi connectivity index (χ3n) is 4.46. The Balaban J connectivity index is 2.49. The van der Waals surface area contributed by atoms with Crippen LogP contribution in [0.15, 0.2) is 16.7 Å². The first-order chi connectivity index (χ1) is 11.9. The average Bonchev–Trinajstić information content (AvgIpc) is 2.97. The van der Waals surface area contributed by atoms with E-state index in [4.69, 9.17) is 10.2 Å². The predicted octanol–water partition coefficient (Wildman–Crippen LogP) is 2.39. The highest BCUT2D eigenvalue weighted by Crippen LogP contribution is 2.31. The molecule has 0 aliphatic carbocycles. The molecule has 2 atom stereocenters. The molecule has 0 bridgehead atoms. The quantitative estimate of drug-likeness (QED) is 0.625. The number of hydrogen-bond donors (Lipinski definition) is 3. The van der Waals surface area contributed by atoms with E-state index in [1.807, 2.05) is 20.8 Å². The molecule has 2 rings (SSSR count). The molecule has 0 fully saturated rings. The highest BCUT2D eigenvalue weighted by Gasteiger charge is 2.43. The molecule has 0 radical (unpaired) electrons. The third-order valence-corrected chi connectivity index (χ3v) is 5.46. The van der Waals surface area contributed by atoms with Gasteiger partial charge in [-0.1, -0.05) is 20.8 Å². The minimum absolute atomic E-state index is 0.152. The first-order valence-corrected chi connectivity index (χ1v) is 9.71. The first kappa shape index (κ1) is 19.8. The Hall–Kier alpha value is -1.57. The van der Waals surface area contributed by atoms with Gasteiger partial charge in [0.15, 0.2) is 5.60 Å². The number of rotatable bonds is 9. The maximum atomic E-state index is 11.8. The molecule has 2 aromatic rings. The Labute approximate surface area is 151 Å². The molecular weight excluding hydrogens is 340 g/mol. The second kappa shape index (κ2) is 8.21. The smallest absolute Gasteiger partial charge is 0.337 e. The number of hydrogen-bond acceptors (Lipinski definition) is 6. The second-order valence-electron chi connectivity index (χ2n) is 6.01. The van der Waals surface area contributed by atoms with E-state index in [-0.39, 0.29) is 6.42 Å². The highest BCUT2D eigenvalue weighted by atomic mass is 32.2. The number of nitrogens with zero attached hydrogens (tertiary/aromatic N) is 1. The summed E-state index contributed by atoms with van der Waals surface area (Å²) in [5, 5.41) is 21.2. The Bertz CT molecular complexity index is 746. The monoisotopic (exact) mass is 366 g/mol. The molecule has 4 N–H and O–H groups in total. The number of aromatic nitrogens is 1. The zero-order valence-corrected chi connectivity index (χ0v) is 15.7. The predicted molar refractivity (Wildman–Crippen MR) is 100 cm³/mol. The van der Waals surface area contributed by atoms with Gasteiger partial charge in [-0.2, -0.15) is 11.8 Å². The lowest BCUT2D eigenvalue weighted by Crippen LogP contribution is -2.57. The molecule has 138 valence electrons. The number of carbonyl (C=O) groups is 1. The van der Waals surface area contributed by atoms with E-state index in [2.05, 4.69) is 4.98 Å². The molecular formula is C18H26N2O4S. The van der Waals surface area contributed by atoms with E-state index in [9.17, 15) is 15.0 Å². The molecule has 0 aliphatic heterocycles. The van der Waals surface area contributed by atoms with Crippen LogP contribution in [0.4, 0.5) is 0 Å². The number of nitrogens with two attached hydrogens (primary N) is 1. The zero-order chi connectivity index (χ0) is 18.6. The van der Waals surface area contributed by atoms with E-state index >= 15 is 0 Å². The van der Waals surface area contributed by atoms with E-state index in [1.165, 1.54) is 11.8 Å². The van der Waals surface area contributed by atoms with Gasteiger partial charge in [-0.3, -0.25) is 4.98 Å². The lowest BCUT2D eigenvalue weighted by molar-refractivity contribution is -0.160. The molecule has 0 saturated heterocycles. The van der Waals surface area contributed by atoms with Gasteiger partial charge in [-0.05, 0) is 18.2 Å². The molecule has 1 unspecified atom stereocenters. The molecule has 25 heavy (non-hydrogen) atoms. The Morgan fingerprint density at radius 1 is 1.40 bits per heavy atom. The summed E-state index contributed by atoms with van der Waals surface area (Å²) >= 11 is 1.50. The van der Waals surface area contributed by atoms with Gasteiger partial charge in [0.25, 0.3) is 0 Å². The van der Waals surface area contributed by atoms with Gasteiger partial charge in [-0.25, -0.2) is 4.79 Å².